The largest absolute Gasteiger partial charge is 1.00 e. The number of nitrogens with zero attached hydrogens (tertiary/aromatic N) is 4. The highest BCUT2D eigenvalue weighted by atomic mass is 127. The molecule has 0 spiro atoms. The summed E-state index contributed by atoms with van der Waals surface area (Å²) in [7, 11) is -3.88. The Morgan fingerprint density at radius 2 is 0.839 bits per heavy atom. The maximum absolute atomic E-state index is 14.7. The van der Waals surface area contributed by atoms with E-state index < -0.39 is 14.3 Å². The monoisotopic (exact) mass is 1070 g/mol. The first-order chi connectivity index (χ1) is 29.9. The second-order valence-corrected chi connectivity index (χ2v) is 20.0. The van der Waals surface area contributed by atoms with Crippen LogP contribution in [0.5, 0.6) is 0 Å². The summed E-state index contributed by atoms with van der Waals surface area (Å²) >= 11 is 2.15. The fraction of sp³-hybridized carbons (Fsp3) is 0.0577. The molecule has 62 heavy (non-hydrogen) atoms. The van der Waals surface area contributed by atoms with Gasteiger partial charge in [0, 0.05) is 50.2 Å². The molecule has 0 unspecified atom stereocenters. The maximum Gasteiger partial charge on any atom is 0.171 e. The third-order valence-corrected chi connectivity index (χ3v) is 17.0. The minimum atomic E-state index is -3.00. The molecule has 9 aromatic rings. The standard InChI is InChI=1S/C26H23N2OP.C25H19N2OP.CH3I.HI/c1-27-20-28(26-18-9-8-17-25(26)27)21-11-10-16-24(19-21)30(29,22-12-4-2-5-13-22)23-14-6-3-7-15-23;28-29(21-11-3-1-4-12-21,22-13-5-2-6-14-22)23-15-9-10-20(18-23)27-19-26-24-16-7-8-17-25(24)27;1-2;/h2-19H,20H2,1H3;1-19H;1H3;1H/p-1. The van der Waals surface area contributed by atoms with Gasteiger partial charge in [0.15, 0.2) is 14.3 Å². The van der Waals surface area contributed by atoms with E-state index in [2.05, 4.69) is 80.8 Å². The third kappa shape index (κ3) is 8.84. The normalized spacial score (nSPS) is 12.0. The van der Waals surface area contributed by atoms with Crippen molar-refractivity contribution in [3.63, 3.8) is 0 Å². The molecule has 0 saturated heterocycles. The van der Waals surface area contributed by atoms with Gasteiger partial charge in [0.05, 0.1) is 29.1 Å². The average Bonchev–Trinajstić information content (AvgIpc) is 3.94. The Hall–Kier alpha value is -5.25. The maximum atomic E-state index is 14.7. The average molecular weight is 1070 g/mol. The number of hydrogen-bond acceptors (Lipinski definition) is 5. The third-order valence-electron chi connectivity index (χ3n) is 10.8. The van der Waals surface area contributed by atoms with E-state index in [-0.39, 0.29) is 24.0 Å². The number of rotatable bonds is 8. The van der Waals surface area contributed by atoms with Crippen molar-refractivity contribution in [2.24, 2.45) is 0 Å². The van der Waals surface area contributed by atoms with E-state index in [1.165, 1.54) is 11.4 Å². The number of benzene rings is 8. The fourth-order valence-corrected chi connectivity index (χ4v) is 13.3. The van der Waals surface area contributed by atoms with Crippen molar-refractivity contribution in [1.82, 2.24) is 9.55 Å². The van der Waals surface area contributed by atoms with Crippen LogP contribution in [0.25, 0.3) is 16.7 Å². The number of imidazole rings is 1. The molecule has 0 N–H and O–H groups in total. The zero-order valence-corrected chi connectivity index (χ0v) is 40.4. The van der Waals surface area contributed by atoms with Gasteiger partial charge in [-0.3, -0.25) is 4.57 Å². The Bertz CT molecular complexity index is 2880. The van der Waals surface area contributed by atoms with E-state index in [0.717, 1.165) is 60.9 Å². The Kier molecular flexibility index (Phi) is 14.7. The summed E-state index contributed by atoms with van der Waals surface area (Å²) < 4.78 is 31.3. The summed E-state index contributed by atoms with van der Waals surface area (Å²) in [4.78, 5) is 11.0. The van der Waals surface area contributed by atoms with Crippen LogP contribution < -0.4 is 65.6 Å². The summed E-state index contributed by atoms with van der Waals surface area (Å²) in [6.45, 7) is 0.768. The Labute approximate surface area is 395 Å². The number of anilines is 3. The lowest BCUT2D eigenvalue weighted by atomic mass is 10.2. The topological polar surface area (TPSA) is 58.4 Å². The zero-order chi connectivity index (χ0) is 42.2. The van der Waals surface area contributed by atoms with Crippen LogP contribution in [0.3, 0.4) is 0 Å². The molecule has 10 rings (SSSR count). The molecule has 1 aliphatic heterocycles. The SMILES string of the molecule is CI.CN1CN(c2cccc(P(=O)(c3ccccc3)c3ccccc3)c2)c2ccccc21.O=P(c1ccccc1)(c1ccccc1)c1cccc(-n2cnc3ccccc32)c1.[I-]. The predicted molar refractivity (Wildman–Crippen MR) is 268 cm³/mol. The Balaban J connectivity index is 0.000000177. The van der Waals surface area contributed by atoms with Crippen LogP contribution >= 0.6 is 36.9 Å². The van der Waals surface area contributed by atoms with Crippen LogP contribution in [0.2, 0.25) is 0 Å². The number of hydrogen-bond donors (Lipinski definition) is 0. The molecular weight excluding hydrogens is 1030 g/mol. The van der Waals surface area contributed by atoms with E-state index in [1.54, 1.807) is 0 Å². The van der Waals surface area contributed by atoms with Crippen LogP contribution in [0.1, 0.15) is 0 Å². The summed E-state index contributed by atoms with van der Waals surface area (Å²) in [5.74, 6) is 0. The number of fused-ring (bicyclic) bond motifs is 2. The van der Waals surface area contributed by atoms with Crippen molar-refractivity contribution < 1.29 is 33.1 Å². The molecule has 0 saturated carbocycles. The van der Waals surface area contributed by atoms with Crippen molar-refractivity contribution in [1.29, 1.82) is 0 Å². The fourth-order valence-electron chi connectivity index (χ4n) is 7.91. The molecule has 8 aromatic carbocycles. The Morgan fingerprint density at radius 3 is 1.34 bits per heavy atom. The highest BCUT2D eigenvalue weighted by Crippen LogP contribution is 2.45. The molecule has 0 radical (unpaired) electrons. The highest BCUT2D eigenvalue weighted by Gasteiger charge is 2.32. The Morgan fingerprint density at radius 1 is 0.452 bits per heavy atom. The van der Waals surface area contributed by atoms with Crippen molar-refractivity contribution >= 4 is 96.8 Å². The summed E-state index contributed by atoms with van der Waals surface area (Å²) in [5, 5.41) is 5.03. The minimum absolute atomic E-state index is 0. The molecule has 2 heterocycles. The van der Waals surface area contributed by atoms with Gasteiger partial charge in [-0.25, -0.2) is 4.98 Å². The van der Waals surface area contributed by atoms with Gasteiger partial charge >= 0.3 is 0 Å². The van der Waals surface area contributed by atoms with Crippen molar-refractivity contribution in [3.05, 3.63) is 225 Å². The molecule has 0 aliphatic carbocycles. The quantitative estimate of drug-likeness (QED) is 0.0893. The molecule has 1 aliphatic rings. The smallest absolute Gasteiger partial charge is 0.171 e. The van der Waals surface area contributed by atoms with Crippen LogP contribution in [0.4, 0.5) is 17.1 Å². The molecule has 0 atom stereocenters. The van der Waals surface area contributed by atoms with Gasteiger partial charge in [0.25, 0.3) is 0 Å². The van der Waals surface area contributed by atoms with Gasteiger partial charge < -0.3 is 42.9 Å². The molecule has 6 nitrogen and oxygen atoms in total. The number of alkyl halides is 1. The second kappa shape index (κ2) is 20.3. The molecule has 0 fully saturated rings. The first kappa shape index (κ1) is 44.8. The second-order valence-electron chi connectivity index (χ2n) is 14.5. The molecule has 1 aromatic heterocycles. The predicted octanol–water partition coefficient (Wildman–Crippen LogP) is 7.59. The van der Waals surface area contributed by atoms with Gasteiger partial charge in [0.2, 0.25) is 0 Å². The zero-order valence-electron chi connectivity index (χ0n) is 34.3. The van der Waals surface area contributed by atoms with Crippen LogP contribution in [0.15, 0.2) is 225 Å². The highest BCUT2D eigenvalue weighted by molar-refractivity contribution is 14.1. The molecule has 0 amide bonds. The van der Waals surface area contributed by atoms with Crippen LogP contribution in [-0.4, -0.2) is 28.2 Å². The first-order valence-electron chi connectivity index (χ1n) is 20.0. The van der Waals surface area contributed by atoms with E-state index in [1.807, 2.05) is 198 Å². The lowest BCUT2D eigenvalue weighted by Gasteiger charge is -2.24. The van der Waals surface area contributed by atoms with E-state index >= 15 is 0 Å². The molecular formula is C52H45I2N4O2P2-. The molecule has 10 heteroatoms. The van der Waals surface area contributed by atoms with Gasteiger partial charge in [-0.1, -0.05) is 192 Å². The number of aromatic nitrogens is 2. The van der Waals surface area contributed by atoms with Crippen molar-refractivity contribution in [3.8, 4) is 5.69 Å². The lowest BCUT2D eigenvalue weighted by Crippen LogP contribution is -3.00. The van der Waals surface area contributed by atoms with E-state index in [0.29, 0.717) is 0 Å². The van der Waals surface area contributed by atoms with Gasteiger partial charge in [-0.2, -0.15) is 0 Å². The minimum Gasteiger partial charge on any atom is -1.00 e. The molecule has 0 bridgehead atoms. The van der Waals surface area contributed by atoms with Crippen molar-refractivity contribution in [2.75, 3.05) is 28.4 Å². The summed E-state index contributed by atoms with van der Waals surface area (Å²) in [5.41, 5.74) is 6.34. The van der Waals surface area contributed by atoms with Gasteiger partial charge in [-0.05, 0) is 53.5 Å². The lowest BCUT2D eigenvalue weighted by molar-refractivity contribution is -0.0000140. The summed E-state index contributed by atoms with van der Waals surface area (Å²) in [6.07, 6.45) is 1.82. The number of halogens is 2. The van der Waals surface area contributed by atoms with Crippen molar-refractivity contribution in [2.45, 2.75) is 0 Å². The molecule has 310 valence electrons. The first-order valence-corrected chi connectivity index (χ1v) is 25.5. The van der Waals surface area contributed by atoms with Gasteiger partial charge in [0.1, 0.15) is 6.33 Å². The number of para-hydroxylation sites is 4. The van der Waals surface area contributed by atoms with E-state index in [4.69, 9.17) is 0 Å². The van der Waals surface area contributed by atoms with Crippen LogP contribution in [-0.2, 0) is 9.13 Å². The van der Waals surface area contributed by atoms with Gasteiger partial charge in [-0.15, -0.1) is 0 Å². The van der Waals surface area contributed by atoms with Crippen LogP contribution in [0, 0.1) is 0 Å². The van der Waals surface area contributed by atoms with E-state index in [9.17, 15) is 9.13 Å². The summed E-state index contributed by atoms with van der Waals surface area (Å²) in [6, 6.07) is 71.7.